The number of nitrogens with zero attached hydrogens (tertiary/aromatic N) is 1. The first-order valence-corrected chi connectivity index (χ1v) is 10.7. The molecule has 28 heavy (non-hydrogen) atoms. The van der Waals surface area contributed by atoms with E-state index in [4.69, 9.17) is 0 Å². The molecule has 0 unspecified atom stereocenters. The van der Waals surface area contributed by atoms with Gasteiger partial charge in [-0.25, -0.2) is 4.79 Å². The highest BCUT2D eigenvalue weighted by molar-refractivity contribution is 6.01. The molecule has 2 aromatic rings. The van der Waals surface area contributed by atoms with Crippen LogP contribution >= 0.6 is 0 Å². The van der Waals surface area contributed by atoms with Crippen LogP contribution in [-0.2, 0) is 6.42 Å². The van der Waals surface area contributed by atoms with Crippen LogP contribution in [-0.4, -0.2) is 24.2 Å². The molecule has 3 nitrogen and oxygen atoms in total. The van der Waals surface area contributed by atoms with E-state index >= 15 is 0 Å². The van der Waals surface area contributed by atoms with Crippen LogP contribution in [0.4, 0.5) is 5.69 Å². The smallest absolute Gasteiger partial charge is 0.336 e. The Balaban J connectivity index is 1.75. The normalized spacial score (nSPS) is 19.5. The van der Waals surface area contributed by atoms with Crippen molar-refractivity contribution in [1.29, 1.82) is 0 Å². The van der Waals surface area contributed by atoms with Crippen LogP contribution in [0.2, 0.25) is 0 Å². The lowest BCUT2D eigenvalue weighted by atomic mass is 9.76. The Morgan fingerprint density at radius 1 is 0.929 bits per heavy atom. The Labute approximate surface area is 166 Å². The quantitative estimate of drug-likeness (QED) is 0.757. The van der Waals surface area contributed by atoms with Crippen molar-refractivity contribution in [2.45, 2.75) is 44.9 Å². The Morgan fingerprint density at radius 3 is 2.43 bits per heavy atom. The summed E-state index contributed by atoms with van der Waals surface area (Å²) in [6.07, 6.45) is 8.33. The molecule has 1 fully saturated rings. The van der Waals surface area contributed by atoms with Crippen LogP contribution in [0.1, 0.15) is 65.6 Å². The fourth-order valence-electron chi connectivity index (χ4n) is 5.59. The minimum atomic E-state index is -0.796. The van der Waals surface area contributed by atoms with Gasteiger partial charge in [0.1, 0.15) is 0 Å². The van der Waals surface area contributed by atoms with Gasteiger partial charge in [0.25, 0.3) is 0 Å². The van der Waals surface area contributed by atoms with Crippen molar-refractivity contribution >= 4 is 22.8 Å². The van der Waals surface area contributed by atoms with Gasteiger partial charge in [0.05, 0.1) is 5.56 Å². The first-order chi connectivity index (χ1) is 13.7. The lowest BCUT2D eigenvalue weighted by molar-refractivity contribution is 0.0696. The summed E-state index contributed by atoms with van der Waals surface area (Å²) in [4.78, 5) is 14.2. The monoisotopic (exact) mass is 373 g/mol. The van der Waals surface area contributed by atoms with Crippen LogP contribution in [0.5, 0.6) is 0 Å². The first kappa shape index (κ1) is 17.5. The van der Waals surface area contributed by atoms with Gasteiger partial charge >= 0.3 is 5.97 Å². The standard InChI is InChI=1S/C25H27NO2/c27-25(28)21-11-12-22-23(18-9-5-2-6-10-18)19(17-7-3-1-4-8-17)13-15-26-16-14-20(21)24(22)26/h1,3-4,7-8,11-12,18H,2,5-6,9-10,13-16H2,(H,27,28). The molecule has 2 heterocycles. The number of allylic oxidation sites excluding steroid dienone is 1. The van der Waals surface area contributed by atoms with Crippen molar-refractivity contribution < 1.29 is 9.90 Å². The van der Waals surface area contributed by atoms with Crippen molar-refractivity contribution in [3.05, 3.63) is 64.7 Å². The minimum absolute atomic E-state index is 0.493. The fraction of sp³-hybridized carbons (Fsp3) is 0.400. The Hall–Kier alpha value is -2.55. The highest BCUT2D eigenvalue weighted by Crippen LogP contribution is 2.49. The van der Waals surface area contributed by atoms with Crippen LogP contribution < -0.4 is 4.90 Å². The van der Waals surface area contributed by atoms with Crippen molar-refractivity contribution in [2.75, 3.05) is 18.0 Å². The van der Waals surface area contributed by atoms with Gasteiger partial charge in [-0.3, -0.25) is 0 Å². The predicted octanol–water partition coefficient (Wildman–Crippen LogP) is 5.64. The number of hydrogen-bond donors (Lipinski definition) is 1. The SMILES string of the molecule is O=C(O)c1ccc2c3c1CCN3CCC(c1ccccc1)=C2C1CCCCC1. The molecule has 0 aromatic heterocycles. The number of carboxylic acid groups (broad SMARTS) is 1. The van der Waals surface area contributed by atoms with Gasteiger partial charge in [-0.05, 0) is 59.9 Å². The van der Waals surface area contributed by atoms with Crippen molar-refractivity contribution in [2.24, 2.45) is 5.92 Å². The van der Waals surface area contributed by atoms with Gasteiger partial charge in [0, 0.05) is 24.3 Å². The van der Waals surface area contributed by atoms with Gasteiger partial charge in [0.2, 0.25) is 0 Å². The number of carbonyl (C=O) groups is 1. The van der Waals surface area contributed by atoms with Gasteiger partial charge in [-0.2, -0.15) is 0 Å². The number of rotatable bonds is 3. The van der Waals surface area contributed by atoms with E-state index in [0.29, 0.717) is 11.5 Å². The molecule has 0 bridgehead atoms. The van der Waals surface area contributed by atoms with Gasteiger partial charge in [-0.15, -0.1) is 0 Å². The van der Waals surface area contributed by atoms with E-state index in [2.05, 4.69) is 41.3 Å². The number of hydrogen-bond acceptors (Lipinski definition) is 2. The van der Waals surface area contributed by atoms with E-state index in [1.54, 1.807) is 0 Å². The van der Waals surface area contributed by atoms with E-state index in [9.17, 15) is 9.90 Å². The van der Waals surface area contributed by atoms with Crippen molar-refractivity contribution in [1.82, 2.24) is 0 Å². The minimum Gasteiger partial charge on any atom is -0.478 e. The summed E-state index contributed by atoms with van der Waals surface area (Å²) in [5.41, 5.74) is 8.38. The maximum atomic E-state index is 11.8. The molecule has 5 rings (SSSR count). The first-order valence-electron chi connectivity index (χ1n) is 10.7. The van der Waals surface area contributed by atoms with Crippen LogP contribution in [0.25, 0.3) is 11.1 Å². The third-order valence-electron chi connectivity index (χ3n) is 6.84. The van der Waals surface area contributed by atoms with Gasteiger partial charge in [0.15, 0.2) is 0 Å². The second kappa shape index (κ2) is 7.12. The molecule has 0 saturated heterocycles. The Kier molecular flexibility index (Phi) is 4.46. The molecule has 0 spiro atoms. The summed E-state index contributed by atoms with van der Waals surface area (Å²) in [6, 6.07) is 14.8. The zero-order valence-corrected chi connectivity index (χ0v) is 16.3. The number of aromatic carboxylic acids is 1. The second-order valence-corrected chi connectivity index (χ2v) is 8.37. The zero-order valence-electron chi connectivity index (χ0n) is 16.3. The molecule has 1 saturated carbocycles. The summed E-state index contributed by atoms with van der Waals surface area (Å²) in [5, 5.41) is 9.70. The topological polar surface area (TPSA) is 40.5 Å². The van der Waals surface area contributed by atoms with Gasteiger partial charge < -0.3 is 10.0 Å². The molecule has 0 amide bonds. The number of benzene rings is 2. The molecule has 3 heteroatoms. The summed E-state index contributed by atoms with van der Waals surface area (Å²) in [6.45, 7) is 1.91. The van der Waals surface area contributed by atoms with E-state index in [1.807, 2.05) is 6.07 Å². The largest absolute Gasteiger partial charge is 0.478 e. The summed E-state index contributed by atoms with van der Waals surface area (Å²) < 4.78 is 0. The van der Waals surface area contributed by atoms with Crippen LogP contribution in [0, 0.1) is 5.92 Å². The molecule has 1 N–H and O–H groups in total. The molecular weight excluding hydrogens is 346 g/mol. The van der Waals surface area contributed by atoms with Crippen molar-refractivity contribution in [3.8, 4) is 0 Å². The average molecular weight is 373 g/mol. The fourth-order valence-corrected chi connectivity index (χ4v) is 5.59. The maximum Gasteiger partial charge on any atom is 0.336 e. The lowest BCUT2D eigenvalue weighted by Gasteiger charge is -2.28. The third-order valence-corrected chi connectivity index (χ3v) is 6.84. The van der Waals surface area contributed by atoms with E-state index in [1.165, 1.54) is 60.1 Å². The van der Waals surface area contributed by atoms with E-state index in [-0.39, 0.29) is 0 Å². The van der Waals surface area contributed by atoms with E-state index < -0.39 is 5.97 Å². The lowest BCUT2D eigenvalue weighted by Crippen LogP contribution is -2.21. The summed E-state index contributed by atoms with van der Waals surface area (Å²) >= 11 is 0. The predicted molar refractivity (Wildman–Crippen MR) is 114 cm³/mol. The summed E-state index contributed by atoms with van der Waals surface area (Å²) in [5.74, 6) is -0.209. The van der Waals surface area contributed by atoms with Crippen molar-refractivity contribution in [3.63, 3.8) is 0 Å². The Bertz CT molecular complexity index is 939. The molecular formula is C25H27NO2. The summed E-state index contributed by atoms with van der Waals surface area (Å²) in [7, 11) is 0. The molecule has 0 atom stereocenters. The number of anilines is 1. The number of carboxylic acids is 1. The molecule has 0 radical (unpaired) electrons. The van der Waals surface area contributed by atoms with Crippen LogP contribution in [0.3, 0.4) is 0 Å². The second-order valence-electron chi connectivity index (χ2n) is 8.37. The van der Waals surface area contributed by atoms with Crippen LogP contribution in [0.15, 0.2) is 42.5 Å². The third kappa shape index (κ3) is 2.85. The molecule has 2 aromatic carbocycles. The molecule has 144 valence electrons. The highest BCUT2D eigenvalue weighted by Gasteiger charge is 2.34. The maximum absolute atomic E-state index is 11.8. The zero-order chi connectivity index (χ0) is 19.1. The highest BCUT2D eigenvalue weighted by atomic mass is 16.4. The van der Waals surface area contributed by atoms with Gasteiger partial charge in [-0.1, -0.05) is 55.7 Å². The Morgan fingerprint density at radius 2 is 1.68 bits per heavy atom. The molecule has 3 aliphatic rings. The molecule has 2 aliphatic heterocycles. The molecule has 1 aliphatic carbocycles. The average Bonchev–Trinajstić information content (AvgIpc) is 3.08. The van der Waals surface area contributed by atoms with E-state index in [0.717, 1.165) is 31.5 Å².